The summed E-state index contributed by atoms with van der Waals surface area (Å²) >= 11 is 0. The fraction of sp³-hybridized carbons (Fsp3) is 0.200. The molecule has 0 saturated carbocycles. The molecule has 4 N–H and O–H groups in total. The van der Waals surface area contributed by atoms with E-state index in [1.54, 1.807) is 40.1 Å². The second-order valence-corrected chi connectivity index (χ2v) is 8.74. The Morgan fingerprint density at radius 2 is 1.62 bits per heavy atom. The van der Waals surface area contributed by atoms with E-state index in [4.69, 9.17) is 5.73 Å². The molecular formula is C25H21F3N8O3. The number of primary amides is 1. The molecule has 2 aromatic carbocycles. The topological polar surface area (TPSA) is 150 Å². The summed E-state index contributed by atoms with van der Waals surface area (Å²) in [6, 6.07) is 11.0. The summed E-state index contributed by atoms with van der Waals surface area (Å²) in [6.45, 7) is 1.24. The van der Waals surface area contributed by atoms with Crippen molar-refractivity contribution in [2.45, 2.75) is 6.18 Å². The Hall–Kier alpha value is -5.01. The first kappa shape index (κ1) is 25.6. The summed E-state index contributed by atoms with van der Waals surface area (Å²) < 4.78 is 38.3. The minimum atomic E-state index is -4.52. The Kier molecular flexibility index (Phi) is 6.60. The lowest BCUT2D eigenvalue weighted by molar-refractivity contribution is -0.138. The third-order valence-corrected chi connectivity index (χ3v) is 6.20. The standard InChI is InChI=1S/C25H21F3N8O3/c26-25(27,28)16-12-30-24(31-13-16)36-9-7-35(8-10-36)22(39)15-4-1-3-14(11-15)21(38)34-23-32-18-6-2-5-17(20(29)37)19(18)33-23/h1-6,11-13H,7-10H2,(H2,29,37)(H2,32,33,34,38). The number of anilines is 2. The van der Waals surface area contributed by atoms with Crippen LogP contribution in [0.25, 0.3) is 11.0 Å². The SMILES string of the molecule is NC(=O)c1cccc2[nH]c(NC(=O)c3cccc(C(=O)N4CCN(c5ncc(C(F)(F)F)cn5)CC4)c3)nc12. The second kappa shape index (κ2) is 10.0. The van der Waals surface area contributed by atoms with Crippen LogP contribution in [-0.4, -0.2) is 68.7 Å². The van der Waals surface area contributed by atoms with Gasteiger partial charge in [-0.15, -0.1) is 0 Å². The molecule has 1 fully saturated rings. The number of H-pyrrole nitrogens is 1. The number of piperazine rings is 1. The van der Waals surface area contributed by atoms with Crippen LogP contribution in [0.15, 0.2) is 54.9 Å². The molecule has 1 aliphatic heterocycles. The molecule has 200 valence electrons. The molecular weight excluding hydrogens is 517 g/mol. The van der Waals surface area contributed by atoms with Crippen LogP contribution in [-0.2, 0) is 6.18 Å². The molecule has 1 saturated heterocycles. The van der Waals surface area contributed by atoms with Gasteiger partial charge in [0.05, 0.1) is 16.6 Å². The first-order valence-corrected chi connectivity index (χ1v) is 11.7. The number of imidazole rings is 1. The van der Waals surface area contributed by atoms with Crippen molar-refractivity contribution in [2.24, 2.45) is 5.73 Å². The fourth-order valence-electron chi connectivity index (χ4n) is 4.19. The van der Waals surface area contributed by atoms with Gasteiger partial charge in [0, 0.05) is 49.7 Å². The van der Waals surface area contributed by atoms with Crippen LogP contribution in [0.2, 0.25) is 0 Å². The molecule has 3 heterocycles. The summed E-state index contributed by atoms with van der Waals surface area (Å²) in [5, 5.41) is 2.62. The highest BCUT2D eigenvalue weighted by Crippen LogP contribution is 2.28. The minimum Gasteiger partial charge on any atom is -0.366 e. The molecule has 39 heavy (non-hydrogen) atoms. The maximum atomic E-state index is 13.1. The first-order valence-electron chi connectivity index (χ1n) is 11.7. The number of carbonyl (C=O) groups is 3. The molecule has 0 atom stereocenters. The normalized spacial score (nSPS) is 13.9. The molecule has 3 amide bonds. The molecule has 5 rings (SSSR count). The van der Waals surface area contributed by atoms with E-state index < -0.39 is 23.6 Å². The van der Waals surface area contributed by atoms with E-state index in [0.29, 0.717) is 42.8 Å². The number of hydrogen-bond donors (Lipinski definition) is 3. The van der Waals surface area contributed by atoms with Crippen molar-refractivity contribution in [3.63, 3.8) is 0 Å². The highest BCUT2D eigenvalue weighted by molar-refractivity contribution is 6.07. The van der Waals surface area contributed by atoms with Gasteiger partial charge in [0.15, 0.2) is 0 Å². The van der Waals surface area contributed by atoms with E-state index in [0.717, 1.165) is 12.4 Å². The lowest BCUT2D eigenvalue weighted by atomic mass is 10.1. The van der Waals surface area contributed by atoms with E-state index in [1.807, 2.05) is 0 Å². The van der Waals surface area contributed by atoms with Crippen molar-refractivity contribution < 1.29 is 27.6 Å². The molecule has 0 aliphatic carbocycles. The maximum Gasteiger partial charge on any atom is 0.419 e. The van der Waals surface area contributed by atoms with Gasteiger partial charge in [-0.3, -0.25) is 19.7 Å². The molecule has 14 heteroatoms. The smallest absolute Gasteiger partial charge is 0.366 e. The summed E-state index contributed by atoms with van der Waals surface area (Å²) in [5.41, 5.74) is 6.02. The van der Waals surface area contributed by atoms with Gasteiger partial charge in [-0.25, -0.2) is 15.0 Å². The van der Waals surface area contributed by atoms with Crippen molar-refractivity contribution in [1.29, 1.82) is 0 Å². The number of aromatic nitrogens is 4. The number of nitrogens with one attached hydrogen (secondary N) is 2. The summed E-state index contributed by atoms with van der Waals surface area (Å²) in [7, 11) is 0. The van der Waals surface area contributed by atoms with Gasteiger partial charge >= 0.3 is 6.18 Å². The molecule has 0 radical (unpaired) electrons. The van der Waals surface area contributed by atoms with Crippen molar-refractivity contribution in [1.82, 2.24) is 24.8 Å². The molecule has 2 aromatic heterocycles. The summed E-state index contributed by atoms with van der Waals surface area (Å²) in [6.07, 6.45) is -3.05. The maximum absolute atomic E-state index is 13.1. The average molecular weight is 538 g/mol. The fourth-order valence-corrected chi connectivity index (χ4v) is 4.19. The van der Waals surface area contributed by atoms with E-state index in [9.17, 15) is 27.6 Å². The number of halogens is 3. The molecule has 0 bridgehead atoms. The van der Waals surface area contributed by atoms with Crippen LogP contribution < -0.4 is 16.0 Å². The second-order valence-electron chi connectivity index (χ2n) is 8.74. The van der Waals surface area contributed by atoms with Crippen LogP contribution in [0, 0.1) is 0 Å². The number of nitrogens with zero attached hydrogens (tertiary/aromatic N) is 5. The number of para-hydroxylation sites is 1. The van der Waals surface area contributed by atoms with E-state index in [2.05, 4.69) is 25.3 Å². The largest absolute Gasteiger partial charge is 0.419 e. The van der Waals surface area contributed by atoms with Crippen LogP contribution in [0.1, 0.15) is 36.6 Å². The molecule has 1 aliphatic rings. The van der Waals surface area contributed by atoms with Gasteiger partial charge < -0.3 is 20.5 Å². The Morgan fingerprint density at radius 1 is 0.949 bits per heavy atom. The molecule has 4 aromatic rings. The monoisotopic (exact) mass is 538 g/mol. The highest BCUT2D eigenvalue weighted by atomic mass is 19.4. The predicted molar refractivity (Wildman–Crippen MR) is 134 cm³/mol. The van der Waals surface area contributed by atoms with Gasteiger partial charge in [0.25, 0.3) is 17.7 Å². The Bertz CT molecular complexity index is 1560. The van der Waals surface area contributed by atoms with Crippen molar-refractivity contribution in [2.75, 3.05) is 36.4 Å². The zero-order valence-corrected chi connectivity index (χ0v) is 20.2. The van der Waals surface area contributed by atoms with Crippen LogP contribution in [0.4, 0.5) is 25.1 Å². The van der Waals surface area contributed by atoms with Gasteiger partial charge in [-0.05, 0) is 30.3 Å². The number of aromatic amines is 1. The van der Waals surface area contributed by atoms with Crippen LogP contribution in [0.3, 0.4) is 0 Å². The van der Waals surface area contributed by atoms with E-state index in [-0.39, 0.29) is 28.9 Å². The summed E-state index contributed by atoms with van der Waals surface area (Å²) in [5.74, 6) is -1.20. The first-order chi connectivity index (χ1) is 18.6. The zero-order valence-electron chi connectivity index (χ0n) is 20.2. The van der Waals surface area contributed by atoms with E-state index >= 15 is 0 Å². The molecule has 11 nitrogen and oxygen atoms in total. The van der Waals surface area contributed by atoms with Crippen LogP contribution in [0.5, 0.6) is 0 Å². The number of nitrogens with two attached hydrogens (primary N) is 1. The third-order valence-electron chi connectivity index (χ3n) is 6.20. The number of alkyl halides is 3. The average Bonchev–Trinajstić information content (AvgIpc) is 3.34. The lowest BCUT2D eigenvalue weighted by Crippen LogP contribution is -2.49. The van der Waals surface area contributed by atoms with Gasteiger partial charge in [0.1, 0.15) is 5.52 Å². The van der Waals surface area contributed by atoms with E-state index in [1.165, 1.54) is 12.1 Å². The number of hydrogen-bond acceptors (Lipinski definition) is 7. The van der Waals surface area contributed by atoms with Crippen molar-refractivity contribution in [3.8, 4) is 0 Å². The van der Waals surface area contributed by atoms with Gasteiger partial charge in [-0.1, -0.05) is 12.1 Å². The van der Waals surface area contributed by atoms with Gasteiger partial charge in [-0.2, -0.15) is 13.2 Å². The number of benzene rings is 2. The van der Waals surface area contributed by atoms with Gasteiger partial charge in [0.2, 0.25) is 11.9 Å². The van der Waals surface area contributed by atoms with Crippen LogP contribution >= 0.6 is 0 Å². The zero-order chi connectivity index (χ0) is 27.7. The number of amides is 3. The molecule has 0 spiro atoms. The molecule has 0 unspecified atom stereocenters. The third kappa shape index (κ3) is 5.35. The Balaban J connectivity index is 1.23. The van der Waals surface area contributed by atoms with Crippen molar-refractivity contribution in [3.05, 3.63) is 77.1 Å². The number of fused-ring (bicyclic) bond motifs is 1. The Labute approximate surface area is 218 Å². The summed E-state index contributed by atoms with van der Waals surface area (Å²) in [4.78, 5) is 55.7. The van der Waals surface area contributed by atoms with Crippen molar-refractivity contribution >= 4 is 40.7 Å². The minimum absolute atomic E-state index is 0.113. The number of rotatable bonds is 5. The Morgan fingerprint density at radius 3 is 2.28 bits per heavy atom. The lowest BCUT2D eigenvalue weighted by Gasteiger charge is -2.34. The number of carbonyl (C=O) groups excluding carboxylic acids is 3. The quantitative estimate of drug-likeness (QED) is 0.354. The highest BCUT2D eigenvalue weighted by Gasteiger charge is 2.32. The predicted octanol–water partition coefficient (Wildman–Crippen LogP) is 2.69.